The molecule has 2 N–H and O–H groups in total. The van der Waals surface area contributed by atoms with E-state index in [1.807, 2.05) is 6.07 Å². The van der Waals surface area contributed by atoms with Crippen LogP contribution in [-0.4, -0.2) is 22.9 Å². The fourth-order valence-corrected chi connectivity index (χ4v) is 1.89. The van der Waals surface area contributed by atoms with Crippen molar-refractivity contribution in [1.82, 2.24) is 0 Å². The SMILES string of the molecule is CC(O)CCc1ccc(NC(=O)OC(C)(C)C)cc1Cl. The quantitative estimate of drug-likeness (QED) is 0.883. The Morgan fingerprint density at radius 3 is 2.60 bits per heavy atom. The third kappa shape index (κ3) is 6.26. The molecular weight excluding hydrogens is 278 g/mol. The first-order valence-corrected chi connectivity index (χ1v) is 7.01. The molecule has 0 aromatic heterocycles. The number of ether oxygens (including phenoxy) is 1. The lowest BCUT2D eigenvalue weighted by molar-refractivity contribution is 0.0636. The van der Waals surface area contributed by atoms with E-state index >= 15 is 0 Å². The van der Waals surface area contributed by atoms with Crippen LogP contribution in [0.5, 0.6) is 0 Å². The number of hydrogen-bond acceptors (Lipinski definition) is 3. The van der Waals surface area contributed by atoms with Gasteiger partial charge in [0.05, 0.1) is 6.10 Å². The third-order valence-corrected chi connectivity index (χ3v) is 2.88. The van der Waals surface area contributed by atoms with E-state index in [0.717, 1.165) is 5.56 Å². The summed E-state index contributed by atoms with van der Waals surface area (Å²) in [6.45, 7) is 7.16. The second-order valence-corrected chi connectivity index (χ2v) is 6.23. The molecule has 0 heterocycles. The maximum atomic E-state index is 11.6. The summed E-state index contributed by atoms with van der Waals surface area (Å²) in [6, 6.07) is 5.30. The topological polar surface area (TPSA) is 58.6 Å². The van der Waals surface area contributed by atoms with E-state index in [-0.39, 0.29) is 6.10 Å². The summed E-state index contributed by atoms with van der Waals surface area (Å²) >= 11 is 6.16. The highest BCUT2D eigenvalue weighted by molar-refractivity contribution is 6.31. The zero-order chi connectivity index (χ0) is 15.3. The normalized spacial score (nSPS) is 12.9. The molecular formula is C15H22ClNO3. The van der Waals surface area contributed by atoms with Crippen LogP contribution in [0.25, 0.3) is 0 Å². The Balaban J connectivity index is 2.65. The van der Waals surface area contributed by atoms with Gasteiger partial charge >= 0.3 is 6.09 Å². The van der Waals surface area contributed by atoms with Gasteiger partial charge in [-0.1, -0.05) is 17.7 Å². The van der Waals surface area contributed by atoms with Crippen molar-refractivity contribution < 1.29 is 14.6 Å². The van der Waals surface area contributed by atoms with Crippen molar-refractivity contribution in [2.75, 3.05) is 5.32 Å². The average Bonchev–Trinajstić information content (AvgIpc) is 2.24. The summed E-state index contributed by atoms with van der Waals surface area (Å²) in [6.07, 6.45) is 0.484. The molecule has 1 aromatic carbocycles. The van der Waals surface area contributed by atoms with Crippen LogP contribution in [0, 0.1) is 0 Å². The highest BCUT2D eigenvalue weighted by Gasteiger charge is 2.16. The number of anilines is 1. The van der Waals surface area contributed by atoms with E-state index in [1.165, 1.54) is 0 Å². The van der Waals surface area contributed by atoms with E-state index in [9.17, 15) is 9.90 Å². The minimum absolute atomic E-state index is 0.356. The fourth-order valence-electron chi connectivity index (χ4n) is 1.61. The van der Waals surface area contributed by atoms with Crippen molar-refractivity contribution in [2.45, 2.75) is 52.2 Å². The van der Waals surface area contributed by atoms with Crippen LogP contribution in [0.1, 0.15) is 39.7 Å². The number of hydrogen-bond donors (Lipinski definition) is 2. The predicted octanol–water partition coefficient (Wildman–Crippen LogP) is 4.00. The molecule has 112 valence electrons. The zero-order valence-electron chi connectivity index (χ0n) is 12.4. The molecule has 0 bridgehead atoms. The molecule has 4 nitrogen and oxygen atoms in total. The number of aliphatic hydroxyl groups is 1. The maximum absolute atomic E-state index is 11.6. The average molecular weight is 300 g/mol. The number of carbonyl (C=O) groups excluding carboxylic acids is 1. The molecule has 0 saturated carbocycles. The number of aryl methyl sites for hydroxylation is 1. The van der Waals surface area contributed by atoms with Crippen LogP contribution in [-0.2, 0) is 11.2 Å². The van der Waals surface area contributed by atoms with Gasteiger partial charge in [0, 0.05) is 10.7 Å². The minimum atomic E-state index is -0.537. The molecule has 1 aromatic rings. The van der Waals surface area contributed by atoms with Gasteiger partial charge in [-0.15, -0.1) is 0 Å². The lowest BCUT2D eigenvalue weighted by Crippen LogP contribution is -2.27. The van der Waals surface area contributed by atoms with Gasteiger partial charge < -0.3 is 9.84 Å². The molecule has 1 unspecified atom stereocenters. The van der Waals surface area contributed by atoms with Crippen molar-refractivity contribution in [2.24, 2.45) is 0 Å². The molecule has 0 spiro atoms. The molecule has 0 saturated heterocycles. The molecule has 0 aliphatic rings. The van der Waals surface area contributed by atoms with Crippen molar-refractivity contribution in [1.29, 1.82) is 0 Å². The molecule has 0 radical (unpaired) electrons. The molecule has 1 atom stereocenters. The number of rotatable bonds is 4. The monoisotopic (exact) mass is 299 g/mol. The van der Waals surface area contributed by atoms with Gasteiger partial charge in [0.15, 0.2) is 0 Å². The Morgan fingerprint density at radius 2 is 2.10 bits per heavy atom. The van der Waals surface area contributed by atoms with Crippen molar-refractivity contribution in [3.63, 3.8) is 0 Å². The number of halogens is 1. The first-order valence-electron chi connectivity index (χ1n) is 6.64. The van der Waals surface area contributed by atoms with Crippen LogP contribution in [0.4, 0.5) is 10.5 Å². The molecule has 0 fully saturated rings. The summed E-state index contributed by atoms with van der Waals surface area (Å²) in [5, 5.41) is 12.5. The number of carbonyl (C=O) groups is 1. The summed E-state index contributed by atoms with van der Waals surface area (Å²) in [7, 11) is 0. The molecule has 0 aliphatic heterocycles. The number of nitrogens with one attached hydrogen (secondary N) is 1. The van der Waals surface area contributed by atoms with Gasteiger partial charge in [0.2, 0.25) is 0 Å². The Hall–Kier alpha value is -1.26. The first-order chi connectivity index (χ1) is 9.17. The van der Waals surface area contributed by atoms with Crippen molar-refractivity contribution >= 4 is 23.4 Å². The number of benzene rings is 1. The summed E-state index contributed by atoms with van der Waals surface area (Å²) < 4.78 is 5.16. The van der Waals surface area contributed by atoms with E-state index in [1.54, 1.807) is 39.8 Å². The van der Waals surface area contributed by atoms with Gasteiger partial charge in [-0.25, -0.2) is 4.79 Å². The van der Waals surface area contributed by atoms with Crippen LogP contribution >= 0.6 is 11.6 Å². The second kappa shape index (κ2) is 6.95. The molecule has 1 rings (SSSR count). The van der Waals surface area contributed by atoms with Gasteiger partial charge in [0.25, 0.3) is 0 Å². The van der Waals surface area contributed by atoms with Crippen LogP contribution in [0.3, 0.4) is 0 Å². The molecule has 5 heteroatoms. The zero-order valence-corrected chi connectivity index (χ0v) is 13.1. The Morgan fingerprint density at radius 1 is 1.45 bits per heavy atom. The summed E-state index contributed by atoms with van der Waals surface area (Å²) in [4.78, 5) is 11.6. The van der Waals surface area contributed by atoms with Crippen LogP contribution in [0.2, 0.25) is 5.02 Å². The Kier molecular flexibility index (Phi) is 5.84. The number of amides is 1. The Bertz CT molecular complexity index is 467. The van der Waals surface area contributed by atoms with E-state index in [2.05, 4.69) is 5.32 Å². The fraction of sp³-hybridized carbons (Fsp3) is 0.533. The smallest absolute Gasteiger partial charge is 0.412 e. The van der Waals surface area contributed by atoms with E-state index in [0.29, 0.717) is 23.6 Å². The van der Waals surface area contributed by atoms with E-state index in [4.69, 9.17) is 16.3 Å². The second-order valence-electron chi connectivity index (χ2n) is 5.82. The molecule has 0 aliphatic carbocycles. The maximum Gasteiger partial charge on any atom is 0.412 e. The lowest BCUT2D eigenvalue weighted by Gasteiger charge is -2.19. The number of aliphatic hydroxyl groups excluding tert-OH is 1. The van der Waals surface area contributed by atoms with Gasteiger partial charge in [-0.3, -0.25) is 5.32 Å². The summed E-state index contributed by atoms with van der Waals surface area (Å²) in [5.74, 6) is 0. The minimum Gasteiger partial charge on any atom is -0.444 e. The predicted molar refractivity (Wildman–Crippen MR) is 81.3 cm³/mol. The standard InChI is InChI=1S/C15H22ClNO3/c1-10(18)5-6-11-7-8-12(9-13(11)16)17-14(19)20-15(2,3)4/h7-10,18H,5-6H2,1-4H3,(H,17,19). The van der Waals surface area contributed by atoms with Crippen molar-refractivity contribution in [3.05, 3.63) is 28.8 Å². The van der Waals surface area contributed by atoms with Crippen LogP contribution in [0.15, 0.2) is 18.2 Å². The van der Waals surface area contributed by atoms with Gasteiger partial charge in [-0.05, 0) is 58.2 Å². The first kappa shape index (κ1) is 16.8. The van der Waals surface area contributed by atoms with Crippen LogP contribution < -0.4 is 5.32 Å². The largest absolute Gasteiger partial charge is 0.444 e. The molecule has 20 heavy (non-hydrogen) atoms. The molecule has 1 amide bonds. The Labute approximate surface area is 125 Å². The summed E-state index contributed by atoms with van der Waals surface area (Å²) in [5.41, 5.74) is 0.998. The van der Waals surface area contributed by atoms with Gasteiger partial charge in [-0.2, -0.15) is 0 Å². The van der Waals surface area contributed by atoms with E-state index < -0.39 is 11.7 Å². The lowest BCUT2D eigenvalue weighted by atomic mass is 10.1. The third-order valence-electron chi connectivity index (χ3n) is 2.53. The highest BCUT2D eigenvalue weighted by atomic mass is 35.5. The van der Waals surface area contributed by atoms with Gasteiger partial charge in [0.1, 0.15) is 5.60 Å². The van der Waals surface area contributed by atoms with Crippen molar-refractivity contribution in [3.8, 4) is 0 Å². The highest BCUT2D eigenvalue weighted by Crippen LogP contribution is 2.23.